The van der Waals surface area contributed by atoms with Crippen LogP contribution in [-0.2, 0) is 11.3 Å². The zero-order chi connectivity index (χ0) is 17.9. The standard InChI is InChI=1S/C11H20N2O2.C9H7N/c1-3-4-7-15-9-11(14)8-13-6-5-12-10(13)2;1-2-6-9-8(4-1)5-3-7-10-9/h5-6,11,14H,3-4,7-9H2,1-2H3;1-7H. The van der Waals surface area contributed by atoms with Crippen LogP contribution in [0, 0.1) is 6.92 Å². The second kappa shape index (κ2) is 10.6. The van der Waals surface area contributed by atoms with Crippen molar-refractivity contribution >= 4 is 10.9 Å². The van der Waals surface area contributed by atoms with Crippen LogP contribution in [0.3, 0.4) is 0 Å². The molecule has 134 valence electrons. The first-order valence-corrected chi connectivity index (χ1v) is 8.74. The molecule has 5 heteroatoms. The van der Waals surface area contributed by atoms with Crippen LogP contribution in [0.1, 0.15) is 25.6 Å². The number of aliphatic hydroxyl groups is 1. The molecule has 0 aliphatic carbocycles. The lowest BCUT2D eigenvalue weighted by Crippen LogP contribution is -2.22. The molecular weight excluding hydrogens is 314 g/mol. The first-order chi connectivity index (χ1) is 12.2. The zero-order valence-corrected chi connectivity index (χ0v) is 15.0. The van der Waals surface area contributed by atoms with Crippen molar-refractivity contribution < 1.29 is 9.84 Å². The first-order valence-electron chi connectivity index (χ1n) is 8.74. The summed E-state index contributed by atoms with van der Waals surface area (Å²) in [5.41, 5.74) is 1.06. The van der Waals surface area contributed by atoms with Gasteiger partial charge in [-0.25, -0.2) is 4.98 Å². The Morgan fingerprint density at radius 3 is 2.64 bits per heavy atom. The summed E-state index contributed by atoms with van der Waals surface area (Å²) in [5, 5.41) is 10.9. The Bertz CT molecular complexity index is 677. The van der Waals surface area contributed by atoms with Crippen molar-refractivity contribution in [2.24, 2.45) is 0 Å². The predicted octanol–water partition coefficient (Wildman–Crippen LogP) is 3.60. The Kier molecular flexibility index (Phi) is 8.09. The van der Waals surface area contributed by atoms with E-state index < -0.39 is 6.10 Å². The summed E-state index contributed by atoms with van der Waals surface area (Å²) in [4.78, 5) is 8.27. The van der Waals surface area contributed by atoms with Gasteiger partial charge in [-0.3, -0.25) is 4.98 Å². The Hall–Kier alpha value is -2.24. The molecule has 2 aromatic heterocycles. The molecule has 1 aromatic carbocycles. The van der Waals surface area contributed by atoms with Gasteiger partial charge in [0.05, 0.1) is 24.8 Å². The van der Waals surface area contributed by atoms with Crippen molar-refractivity contribution in [1.29, 1.82) is 0 Å². The van der Waals surface area contributed by atoms with Crippen LogP contribution in [0.15, 0.2) is 55.0 Å². The molecule has 0 saturated carbocycles. The number of unbranched alkanes of at least 4 members (excludes halogenated alkanes) is 1. The molecule has 2 heterocycles. The van der Waals surface area contributed by atoms with Gasteiger partial charge in [0, 0.05) is 30.6 Å². The van der Waals surface area contributed by atoms with Crippen molar-refractivity contribution in [3.8, 4) is 0 Å². The third kappa shape index (κ3) is 6.64. The van der Waals surface area contributed by atoms with Crippen molar-refractivity contribution in [3.05, 3.63) is 60.8 Å². The molecule has 0 bridgehead atoms. The molecule has 1 atom stereocenters. The van der Waals surface area contributed by atoms with Crippen LogP contribution < -0.4 is 0 Å². The number of imidazole rings is 1. The van der Waals surface area contributed by atoms with E-state index in [1.54, 1.807) is 6.20 Å². The smallest absolute Gasteiger partial charge is 0.105 e. The SMILES string of the molecule is CCCCOCC(O)Cn1ccnc1C.c1ccc2ncccc2c1. The quantitative estimate of drug-likeness (QED) is 0.667. The molecule has 0 aliphatic rings. The topological polar surface area (TPSA) is 60.2 Å². The fourth-order valence-electron chi connectivity index (χ4n) is 2.36. The number of aliphatic hydroxyl groups excluding tert-OH is 1. The lowest BCUT2D eigenvalue weighted by Gasteiger charge is -2.12. The van der Waals surface area contributed by atoms with E-state index in [9.17, 15) is 5.11 Å². The lowest BCUT2D eigenvalue weighted by molar-refractivity contribution is 0.0268. The van der Waals surface area contributed by atoms with E-state index in [0.29, 0.717) is 13.2 Å². The summed E-state index contributed by atoms with van der Waals surface area (Å²) in [6.07, 6.45) is 7.13. The minimum atomic E-state index is -0.449. The number of benzene rings is 1. The van der Waals surface area contributed by atoms with Crippen molar-refractivity contribution in [2.45, 2.75) is 39.3 Å². The third-order valence-electron chi connectivity index (χ3n) is 3.80. The molecule has 0 radical (unpaired) electrons. The number of hydrogen-bond acceptors (Lipinski definition) is 4. The normalized spacial score (nSPS) is 11.8. The Balaban J connectivity index is 0.000000194. The molecular formula is C20H27N3O2. The summed E-state index contributed by atoms with van der Waals surface area (Å²) in [6, 6.07) is 12.1. The largest absolute Gasteiger partial charge is 0.389 e. The number of para-hydroxylation sites is 1. The van der Waals surface area contributed by atoms with Crippen LogP contribution in [-0.4, -0.2) is 39.0 Å². The molecule has 1 N–H and O–H groups in total. The second-order valence-electron chi connectivity index (χ2n) is 5.91. The molecule has 0 aliphatic heterocycles. The van der Waals surface area contributed by atoms with Crippen LogP contribution in [0.2, 0.25) is 0 Å². The second-order valence-corrected chi connectivity index (χ2v) is 5.91. The van der Waals surface area contributed by atoms with Crippen molar-refractivity contribution in [2.75, 3.05) is 13.2 Å². The van der Waals surface area contributed by atoms with Gasteiger partial charge in [-0.1, -0.05) is 37.6 Å². The summed E-state index contributed by atoms with van der Waals surface area (Å²) in [7, 11) is 0. The van der Waals surface area contributed by atoms with E-state index in [2.05, 4.69) is 29.0 Å². The molecule has 0 amide bonds. The van der Waals surface area contributed by atoms with E-state index in [4.69, 9.17) is 4.74 Å². The van der Waals surface area contributed by atoms with Gasteiger partial charge in [-0.05, 0) is 25.5 Å². The Morgan fingerprint density at radius 1 is 1.12 bits per heavy atom. The number of nitrogens with zero attached hydrogens (tertiary/aromatic N) is 3. The number of ether oxygens (including phenoxy) is 1. The average molecular weight is 341 g/mol. The summed E-state index contributed by atoms with van der Waals surface area (Å²) >= 11 is 0. The van der Waals surface area contributed by atoms with Gasteiger partial charge in [0.2, 0.25) is 0 Å². The van der Waals surface area contributed by atoms with Gasteiger partial charge in [-0.2, -0.15) is 0 Å². The fourth-order valence-corrected chi connectivity index (χ4v) is 2.36. The first kappa shape index (κ1) is 19.1. The molecule has 0 spiro atoms. The lowest BCUT2D eigenvalue weighted by atomic mass is 10.2. The highest BCUT2D eigenvalue weighted by Gasteiger charge is 2.06. The Labute approximate surface area is 149 Å². The maximum absolute atomic E-state index is 9.67. The Morgan fingerprint density at radius 2 is 1.92 bits per heavy atom. The molecule has 25 heavy (non-hydrogen) atoms. The molecule has 1 unspecified atom stereocenters. The van der Waals surface area contributed by atoms with E-state index >= 15 is 0 Å². The number of aromatic nitrogens is 3. The van der Waals surface area contributed by atoms with Crippen LogP contribution in [0.25, 0.3) is 10.9 Å². The van der Waals surface area contributed by atoms with E-state index in [1.807, 2.05) is 48.1 Å². The highest BCUT2D eigenvalue weighted by atomic mass is 16.5. The van der Waals surface area contributed by atoms with Gasteiger partial charge >= 0.3 is 0 Å². The molecule has 5 nitrogen and oxygen atoms in total. The molecule has 3 rings (SSSR count). The van der Waals surface area contributed by atoms with Crippen molar-refractivity contribution in [1.82, 2.24) is 14.5 Å². The monoisotopic (exact) mass is 341 g/mol. The average Bonchev–Trinajstić information content (AvgIpc) is 3.04. The van der Waals surface area contributed by atoms with Crippen LogP contribution in [0.5, 0.6) is 0 Å². The fraction of sp³-hybridized carbons (Fsp3) is 0.400. The number of rotatable bonds is 7. The van der Waals surface area contributed by atoms with Gasteiger partial charge in [0.1, 0.15) is 5.82 Å². The highest BCUT2D eigenvalue weighted by Crippen LogP contribution is 2.07. The third-order valence-corrected chi connectivity index (χ3v) is 3.80. The van der Waals surface area contributed by atoms with E-state index in [-0.39, 0.29) is 0 Å². The number of pyridine rings is 1. The minimum Gasteiger partial charge on any atom is -0.389 e. The predicted molar refractivity (Wildman–Crippen MR) is 100 cm³/mol. The summed E-state index contributed by atoms with van der Waals surface area (Å²) < 4.78 is 7.27. The molecule has 0 saturated heterocycles. The maximum Gasteiger partial charge on any atom is 0.105 e. The van der Waals surface area contributed by atoms with Gasteiger partial charge in [0.25, 0.3) is 0 Å². The van der Waals surface area contributed by atoms with E-state index in [1.165, 1.54) is 5.39 Å². The number of aryl methyl sites for hydroxylation is 1. The molecule has 0 fully saturated rings. The van der Waals surface area contributed by atoms with Gasteiger partial charge in [0.15, 0.2) is 0 Å². The van der Waals surface area contributed by atoms with Gasteiger partial charge < -0.3 is 14.4 Å². The van der Waals surface area contributed by atoms with Crippen LogP contribution >= 0.6 is 0 Å². The maximum atomic E-state index is 9.67. The van der Waals surface area contributed by atoms with Crippen molar-refractivity contribution in [3.63, 3.8) is 0 Å². The zero-order valence-electron chi connectivity index (χ0n) is 15.0. The van der Waals surface area contributed by atoms with Gasteiger partial charge in [-0.15, -0.1) is 0 Å². The molecule has 3 aromatic rings. The number of fused-ring (bicyclic) bond motifs is 1. The minimum absolute atomic E-state index is 0.400. The van der Waals surface area contributed by atoms with E-state index in [0.717, 1.165) is 30.8 Å². The summed E-state index contributed by atoms with van der Waals surface area (Å²) in [6.45, 7) is 5.73. The highest BCUT2D eigenvalue weighted by molar-refractivity contribution is 5.77. The van der Waals surface area contributed by atoms with Crippen LogP contribution in [0.4, 0.5) is 0 Å². The summed E-state index contributed by atoms with van der Waals surface area (Å²) in [5.74, 6) is 0.919. The number of hydrogen-bond donors (Lipinski definition) is 1.